The lowest BCUT2D eigenvalue weighted by Crippen LogP contribution is -2.25. The fourth-order valence-corrected chi connectivity index (χ4v) is 3.66. The minimum atomic E-state index is -0.354. The lowest BCUT2D eigenvalue weighted by molar-refractivity contribution is 0.102. The van der Waals surface area contributed by atoms with Gasteiger partial charge in [0.05, 0.1) is 5.56 Å². The van der Waals surface area contributed by atoms with E-state index in [1.165, 1.54) is 0 Å². The number of benzene rings is 1. The Bertz CT molecular complexity index is 1020. The van der Waals surface area contributed by atoms with Gasteiger partial charge < -0.3 is 9.73 Å². The summed E-state index contributed by atoms with van der Waals surface area (Å²) < 4.78 is 7.25. The third-order valence-electron chi connectivity index (χ3n) is 5.07. The molecular weight excluding hydrogens is 330 g/mol. The molecule has 2 heterocycles. The molecule has 0 atom stereocenters. The van der Waals surface area contributed by atoms with Crippen molar-refractivity contribution in [3.63, 3.8) is 0 Å². The van der Waals surface area contributed by atoms with Gasteiger partial charge in [-0.3, -0.25) is 14.2 Å². The molecule has 0 bridgehead atoms. The molecule has 1 saturated carbocycles. The van der Waals surface area contributed by atoms with Crippen LogP contribution in [0, 0.1) is 13.8 Å². The van der Waals surface area contributed by atoms with Crippen LogP contribution in [0.25, 0.3) is 11.1 Å². The van der Waals surface area contributed by atoms with E-state index in [1.807, 2.05) is 31.2 Å². The van der Waals surface area contributed by atoms with E-state index in [9.17, 15) is 9.59 Å². The Balaban J connectivity index is 1.77. The third-order valence-corrected chi connectivity index (χ3v) is 5.07. The van der Waals surface area contributed by atoms with Crippen LogP contribution in [-0.4, -0.2) is 15.5 Å². The van der Waals surface area contributed by atoms with Gasteiger partial charge in [0.1, 0.15) is 17.5 Å². The maximum absolute atomic E-state index is 13.0. The first-order valence-corrected chi connectivity index (χ1v) is 8.93. The number of carbonyl (C=O) groups excluding carboxylic acids is 1. The van der Waals surface area contributed by atoms with Gasteiger partial charge in [-0.2, -0.15) is 0 Å². The van der Waals surface area contributed by atoms with Gasteiger partial charge in [-0.05, 0) is 38.8 Å². The molecule has 1 aliphatic carbocycles. The van der Waals surface area contributed by atoms with E-state index in [1.54, 1.807) is 17.8 Å². The fraction of sp³-hybridized carbons (Fsp3) is 0.350. The van der Waals surface area contributed by atoms with Crippen LogP contribution in [0.1, 0.15) is 53.4 Å². The predicted octanol–water partition coefficient (Wildman–Crippen LogP) is 3.97. The summed E-state index contributed by atoms with van der Waals surface area (Å²) in [7, 11) is 0. The molecule has 1 aliphatic rings. The van der Waals surface area contributed by atoms with Crippen LogP contribution < -0.4 is 10.9 Å². The number of anilines is 1. The smallest absolute Gasteiger partial charge is 0.265 e. The van der Waals surface area contributed by atoms with Gasteiger partial charge in [0.25, 0.3) is 11.5 Å². The SMILES string of the molecule is Cc1ccc(NC(=O)c2c(C)oc3ncn(C4CCCC4)c(=O)c23)cc1. The summed E-state index contributed by atoms with van der Waals surface area (Å²) in [6.07, 6.45) is 5.70. The molecule has 1 fully saturated rings. The van der Waals surface area contributed by atoms with Crippen molar-refractivity contribution in [2.24, 2.45) is 0 Å². The summed E-state index contributed by atoms with van der Waals surface area (Å²) in [5.41, 5.74) is 2.07. The topological polar surface area (TPSA) is 77.1 Å². The minimum Gasteiger partial charge on any atom is -0.442 e. The van der Waals surface area contributed by atoms with E-state index in [2.05, 4.69) is 10.3 Å². The van der Waals surface area contributed by atoms with Gasteiger partial charge in [-0.15, -0.1) is 0 Å². The molecule has 134 valence electrons. The quantitative estimate of drug-likeness (QED) is 0.774. The van der Waals surface area contributed by atoms with E-state index >= 15 is 0 Å². The number of nitrogens with zero attached hydrogens (tertiary/aromatic N) is 2. The fourth-order valence-electron chi connectivity index (χ4n) is 3.66. The number of hydrogen-bond acceptors (Lipinski definition) is 4. The van der Waals surface area contributed by atoms with Crippen LogP contribution in [0.15, 0.2) is 39.8 Å². The summed E-state index contributed by atoms with van der Waals surface area (Å²) in [6.45, 7) is 3.67. The molecule has 1 N–H and O–H groups in total. The number of furan rings is 1. The van der Waals surface area contributed by atoms with Crippen molar-refractivity contribution in [3.8, 4) is 0 Å². The van der Waals surface area contributed by atoms with E-state index in [-0.39, 0.29) is 34.2 Å². The average molecular weight is 351 g/mol. The number of hydrogen-bond donors (Lipinski definition) is 1. The molecule has 2 aromatic heterocycles. The zero-order valence-electron chi connectivity index (χ0n) is 14.9. The number of aryl methyl sites for hydroxylation is 2. The van der Waals surface area contributed by atoms with E-state index in [4.69, 9.17) is 4.42 Å². The third kappa shape index (κ3) is 2.81. The number of nitrogens with one attached hydrogen (secondary N) is 1. The Hall–Kier alpha value is -2.89. The molecule has 0 unspecified atom stereocenters. The molecule has 6 heteroatoms. The highest BCUT2D eigenvalue weighted by Crippen LogP contribution is 2.29. The summed E-state index contributed by atoms with van der Waals surface area (Å²) >= 11 is 0. The maximum atomic E-state index is 13.0. The monoisotopic (exact) mass is 351 g/mol. The summed E-state index contributed by atoms with van der Waals surface area (Å²) in [6, 6.07) is 7.66. The standard InChI is InChI=1S/C20H21N3O3/c1-12-7-9-14(10-8-12)22-18(24)16-13(2)26-19-17(16)20(25)23(11-21-19)15-5-3-4-6-15/h7-11,15H,3-6H2,1-2H3,(H,22,24). The molecule has 3 aromatic rings. The van der Waals surface area contributed by atoms with Crippen molar-refractivity contribution in [2.75, 3.05) is 5.32 Å². The Kier molecular flexibility index (Phi) is 4.11. The lowest BCUT2D eigenvalue weighted by Gasteiger charge is -2.12. The van der Waals surface area contributed by atoms with Gasteiger partial charge >= 0.3 is 0 Å². The van der Waals surface area contributed by atoms with E-state index < -0.39 is 0 Å². The highest BCUT2D eigenvalue weighted by molar-refractivity contribution is 6.12. The zero-order valence-corrected chi connectivity index (χ0v) is 14.9. The minimum absolute atomic E-state index is 0.155. The molecule has 6 nitrogen and oxygen atoms in total. The zero-order chi connectivity index (χ0) is 18.3. The van der Waals surface area contributed by atoms with Crippen LogP contribution in [0.5, 0.6) is 0 Å². The number of rotatable bonds is 3. The Labute approximate surface area is 150 Å². The van der Waals surface area contributed by atoms with Crippen molar-refractivity contribution in [3.05, 3.63) is 57.8 Å². The lowest BCUT2D eigenvalue weighted by atomic mass is 10.1. The maximum Gasteiger partial charge on any atom is 0.265 e. The van der Waals surface area contributed by atoms with Crippen LogP contribution in [0.3, 0.4) is 0 Å². The largest absolute Gasteiger partial charge is 0.442 e. The van der Waals surface area contributed by atoms with Crippen LogP contribution in [0.2, 0.25) is 0 Å². The summed E-state index contributed by atoms with van der Waals surface area (Å²) in [4.78, 5) is 30.2. The highest BCUT2D eigenvalue weighted by atomic mass is 16.3. The van der Waals surface area contributed by atoms with Crippen molar-refractivity contribution in [1.82, 2.24) is 9.55 Å². The van der Waals surface area contributed by atoms with Crippen molar-refractivity contribution in [1.29, 1.82) is 0 Å². The Morgan fingerprint density at radius 3 is 2.58 bits per heavy atom. The second-order valence-electron chi connectivity index (χ2n) is 6.93. The Morgan fingerprint density at radius 1 is 1.19 bits per heavy atom. The van der Waals surface area contributed by atoms with E-state index in [0.29, 0.717) is 11.4 Å². The number of amides is 1. The number of aromatic nitrogens is 2. The predicted molar refractivity (Wildman–Crippen MR) is 99.6 cm³/mol. The molecule has 26 heavy (non-hydrogen) atoms. The van der Waals surface area contributed by atoms with Crippen LogP contribution in [0.4, 0.5) is 5.69 Å². The van der Waals surface area contributed by atoms with Crippen LogP contribution in [-0.2, 0) is 0 Å². The van der Waals surface area contributed by atoms with Gasteiger partial charge in [-0.1, -0.05) is 30.5 Å². The molecule has 4 rings (SSSR count). The molecule has 1 aromatic carbocycles. The highest BCUT2D eigenvalue weighted by Gasteiger charge is 2.25. The Morgan fingerprint density at radius 2 is 1.88 bits per heavy atom. The second kappa shape index (κ2) is 6.44. The molecule has 0 spiro atoms. The summed E-state index contributed by atoms with van der Waals surface area (Å²) in [5, 5.41) is 3.11. The van der Waals surface area contributed by atoms with Crippen molar-refractivity contribution in [2.45, 2.75) is 45.6 Å². The van der Waals surface area contributed by atoms with Gasteiger partial charge in [0.2, 0.25) is 5.71 Å². The molecular formula is C20H21N3O3. The van der Waals surface area contributed by atoms with Crippen molar-refractivity contribution >= 4 is 22.7 Å². The van der Waals surface area contributed by atoms with Gasteiger partial charge in [0.15, 0.2) is 0 Å². The number of carbonyl (C=O) groups is 1. The average Bonchev–Trinajstić information content (AvgIpc) is 3.25. The first-order chi connectivity index (χ1) is 12.5. The normalized spacial score (nSPS) is 14.8. The first-order valence-electron chi connectivity index (χ1n) is 8.93. The molecule has 1 amide bonds. The molecule has 0 aliphatic heterocycles. The first kappa shape index (κ1) is 16.6. The second-order valence-corrected chi connectivity index (χ2v) is 6.93. The molecule has 0 saturated heterocycles. The van der Waals surface area contributed by atoms with Gasteiger partial charge in [-0.25, -0.2) is 4.98 Å². The van der Waals surface area contributed by atoms with Crippen LogP contribution >= 0.6 is 0 Å². The molecule has 0 radical (unpaired) electrons. The summed E-state index contributed by atoms with van der Waals surface area (Å²) in [5.74, 6) is 0.0477. The number of fused-ring (bicyclic) bond motifs is 1. The van der Waals surface area contributed by atoms with Gasteiger partial charge in [0, 0.05) is 11.7 Å². The van der Waals surface area contributed by atoms with E-state index in [0.717, 1.165) is 31.2 Å². The van der Waals surface area contributed by atoms with Crippen molar-refractivity contribution < 1.29 is 9.21 Å².